The van der Waals surface area contributed by atoms with E-state index < -0.39 is 5.51 Å². The first-order chi connectivity index (χ1) is 9.92. The Kier molecular flexibility index (Phi) is 5.56. The molecule has 0 spiro atoms. The lowest BCUT2D eigenvalue weighted by atomic mass is 10.2. The molecular weight excluding hydrogens is 321 g/mol. The van der Waals surface area contributed by atoms with Gasteiger partial charge in [-0.1, -0.05) is 19.4 Å². The molecule has 1 amide bonds. The minimum atomic E-state index is -4.25. The van der Waals surface area contributed by atoms with Crippen LogP contribution in [-0.2, 0) is 4.79 Å². The molecule has 2 unspecified atom stereocenters. The molecule has 2 atom stereocenters. The minimum Gasteiger partial charge on any atom is -0.320 e. The molecule has 0 aliphatic carbocycles. The molecule has 0 bridgehead atoms. The van der Waals surface area contributed by atoms with Gasteiger partial charge in [0.15, 0.2) is 0 Å². The summed E-state index contributed by atoms with van der Waals surface area (Å²) < 4.78 is 36.7. The third-order valence-electron chi connectivity index (χ3n) is 3.24. The number of amides is 1. The third kappa shape index (κ3) is 4.37. The Morgan fingerprint density at radius 2 is 2.24 bits per heavy atom. The van der Waals surface area contributed by atoms with E-state index >= 15 is 0 Å². The SMILES string of the molecule is CCCC1NC(c2cccs2)N(CCSC(F)(F)F)C1=O. The third-order valence-corrected chi connectivity index (χ3v) is 4.88. The van der Waals surface area contributed by atoms with E-state index in [1.807, 2.05) is 24.4 Å². The second kappa shape index (κ2) is 7.02. The standard InChI is InChI=1S/C13H17F3N2OS2/c1-2-4-9-12(19)18(6-8-21-13(14,15)16)11(17-9)10-5-3-7-20-10/h3,5,7,9,11,17H,2,4,6,8H2,1H3. The van der Waals surface area contributed by atoms with Crippen LogP contribution >= 0.6 is 23.1 Å². The van der Waals surface area contributed by atoms with Gasteiger partial charge in [-0.2, -0.15) is 13.2 Å². The van der Waals surface area contributed by atoms with Gasteiger partial charge in [0.2, 0.25) is 5.91 Å². The molecule has 1 saturated heterocycles. The van der Waals surface area contributed by atoms with E-state index in [2.05, 4.69) is 5.32 Å². The normalized spacial score (nSPS) is 23.0. The molecule has 1 N–H and O–H groups in total. The fraction of sp³-hybridized carbons (Fsp3) is 0.615. The van der Waals surface area contributed by atoms with Crippen molar-refractivity contribution in [2.45, 2.75) is 37.5 Å². The Bertz CT molecular complexity index is 464. The summed E-state index contributed by atoms with van der Waals surface area (Å²) in [5.41, 5.74) is -4.25. The van der Waals surface area contributed by atoms with Gasteiger partial charge in [-0.15, -0.1) is 11.3 Å². The van der Waals surface area contributed by atoms with Crippen LogP contribution in [-0.4, -0.2) is 34.7 Å². The average Bonchev–Trinajstić information content (AvgIpc) is 3.00. The second-order valence-corrected chi connectivity index (χ2v) is 6.89. The zero-order valence-corrected chi connectivity index (χ0v) is 13.2. The van der Waals surface area contributed by atoms with Gasteiger partial charge in [-0.05, 0) is 29.6 Å². The van der Waals surface area contributed by atoms with E-state index in [-0.39, 0.29) is 42.2 Å². The lowest BCUT2D eigenvalue weighted by molar-refractivity contribution is -0.130. The first-order valence-corrected chi connectivity index (χ1v) is 8.59. The summed E-state index contributed by atoms with van der Waals surface area (Å²) in [7, 11) is 0. The minimum absolute atomic E-state index is 0.0819. The number of hydrogen-bond acceptors (Lipinski definition) is 4. The molecule has 2 heterocycles. The number of thioether (sulfide) groups is 1. The first-order valence-electron chi connectivity index (χ1n) is 6.73. The quantitative estimate of drug-likeness (QED) is 0.860. The average molecular weight is 338 g/mol. The monoisotopic (exact) mass is 338 g/mol. The van der Waals surface area contributed by atoms with E-state index in [9.17, 15) is 18.0 Å². The topological polar surface area (TPSA) is 32.3 Å². The summed E-state index contributed by atoms with van der Waals surface area (Å²) in [6.07, 6.45) is 1.25. The summed E-state index contributed by atoms with van der Waals surface area (Å²) in [4.78, 5) is 14.8. The highest BCUT2D eigenvalue weighted by atomic mass is 32.2. The van der Waals surface area contributed by atoms with Gasteiger partial charge in [-0.3, -0.25) is 10.1 Å². The second-order valence-electron chi connectivity index (χ2n) is 4.75. The van der Waals surface area contributed by atoms with Crippen LogP contribution in [0.15, 0.2) is 17.5 Å². The van der Waals surface area contributed by atoms with Crippen molar-refractivity contribution in [3.05, 3.63) is 22.4 Å². The number of nitrogens with one attached hydrogen (secondary N) is 1. The van der Waals surface area contributed by atoms with Gasteiger partial charge in [0.05, 0.1) is 6.04 Å². The van der Waals surface area contributed by atoms with Crippen molar-refractivity contribution in [1.82, 2.24) is 10.2 Å². The molecule has 0 radical (unpaired) electrons. The molecule has 1 fully saturated rings. The highest BCUT2D eigenvalue weighted by Gasteiger charge is 2.39. The predicted octanol–water partition coefficient (Wildman–Crippen LogP) is 3.60. The van der Waals surface area contributed by atoms with Crippen molar-refractivity contribution in [3.8, 4) is 0 Å². The van der Waals surface area contributed by atoms with Crippen molar-refractivity contribution < 1.29 is 18.0 Å². The first kappa shape index (κ1) is 16.6. The van der Waals surface area contributed by atoms with E-state index in [0.29, 0.717) is 6.42 Å². The van der Waals surface area contributed by atoms with Crippen LogP contribution in [0.5, 0.6) is 0 Å². The van der Waals surface area contributed by atoms with E-state index in [1.165, 1.54) is 16.2 Å². The zero-order chi connectivity index (χ0) is 15.5. The maximum atomic E-state index is 12.3. The molecule has 1 aromatic rings. The molecule has 8 heteroatoms. The van der Waals surface area contributed by atoms with Gasteiger partial charge in [-0.25, -0.2) is 0 Å². The molecule has 21 heavy (non-hydrogen) atoms. The Labute approximate surface area is 129 Å². The smallest absolute Gasteiger partial charge is 0.320 e. The van der Waals surface area contributed by atoms with Crippen LogP contribution < -0.4 is 5.32 Å². The number of thiophene rings is 1. The van der Waals surface area contributed by atoms with Crippen molar-refractivity contribution in [2.75, 3.05) is 12.3 Å². The van der Waals surface area contributed by atoms with Crippen molar-refractivity contribution in [2.24, 2.45) is 0 Å². The molecule has 3 nitrogen and oxygen atoms in total. The summed E-state index contributed by atoms with van der Waals surface area (Å²) in [5, 5.41) is 5.14. The Balaban J connectivity index is 2.04. The van der Waals surface area contributed by atoms with Crippen LogP contribution in [0.1, 0.15) is 30.8 Å². The number of nitrogens with zero attached hydrogens (tertiary/aromatic N) is 1. The predicted molar refractivity (Wildman–Crippen MR) is 79.1 cm³/mol. The summed E-state index contributed by atoms with van der Waals surface area (Å²) in [6.45, 7) is 2.08. The number of carbonyl (C=O) groups is 1. The van der Waals surface area contributed by atoms with Crippen LogP contribution in [0, 0.1) is 0 Å². The van der Waals surface area contributed by atoms with Crippen molar-refractivity contribution in [3.63, 3.8) is 0 Å². The maximum Gasteiger partial charge on any atom is 0.441 e. The molecule has 0 aromatic carbocycles. The van der Waals surface area contributed by atoms with Gasteiger partial charge in [0, 0.05) is 17.2 Å². The largest absolute Gasteiger partial charge is 0.441 e. The molecular formula is C13H17F3N2OS2. The molecule has 1 aliphatic heterocycles. The molecule has 118 valence electrons. The van der Waals surface area contributed by atoms with Crippen molar-refractivity contribution in [1.29, 1.82) is 0 Å². The van der Waals surface area contributed by atoms with Gasteiger partial charge < -0.3 is 4.90 Å². The summed E-state index contributed by atoms with van der Waals surface area (Å²) >= 11 is 1.42. The van der Waals surface area contributed by atoms with Crippen molar-refractivity contribution >= 4 is 29.0 Å². The zero-order valence-electron chi connectivity index (χ0n) is 11.5. The Morgan fingerprint density at radius 3 is 2.81 bits per heavy atom. The van der Waals surface area contributed by atoms with Gasteiger partial charge in [0.1, 0.15) is 6.17 Å². The lowest BCUT2D eigenvalue weighted by Crippen LogP contribution is -2.33. The number of rotatable bonds is 6. The van der Waals surface area contributed by atoms with Crippen LogP contribution in [0.25, 0.3) is 0 Å². The summed E-state index contributed by atoms with van der Waals surface area (Å²) in [5.74, 6) is -0.240. The maximum absolute atomic E-state index is 12.3. The number of carbonyl (C=O) groups excluding carboxylic acids is 1. The molecule has 1 aromatic heterocycles. The highest BCUT2D eigenvalue weighted by Crippen LogP contribution is 2.33. The van der Waals surface area contributed by atoms with E-state index in [0.717, 1.165) is 11.3 Å². The van der Waals surface area contributed by atoms with Crippen LogP contribution in [0.3, 0.4) is 0 Å². The van der Waals surface area contributed by atoms with Gasteiger partial charge in [0.25, 0.3) is 0 Å². The van der Waals surface area contributed by atoms with Crippen LogP contribution in [0.4, 0.5) is 13.2 Å². The number of alkyl halides is 3. The van der Waals surface area contributed by atoms with Gasteiger partial charge >= 0.3 is 5.51 Å². The van der Waals surface area contributed by atoms with Crippen LogP contribution in [0.2, 0.25) is 0 Å². The molecule has 0 saturated carbocycles. The highest BCUT2D eigenvalue weighted by molar-refractivity contribution is 8.00. The number of hydrogen-bond donors (Lipinski definition) is 1. The van der Waals surface area contributed by atoms with E-state index in [1.54, 1.807) is 0 Å². The Morgan fingerprint density at radius 1 is 1.48 bits per heavy atom. The molecule has 1 aliphatic rings. The fourth-order valence-electron chi connectivity index (χ4n) is 2.36. The number of halogens is 3. The summed E-state index contributed by atoms with van der Waals surface area (Å²) in [6, 6.07) is 3.48. The lowest BCUT2D eigenvalue weighted by Gasteiger charge is -2.23. The Hall–Kier alpha value is -0.730. The molecule has 2 rings (SSSR count). The van der Waals surface area contributed by atoms with E-state index in [4.69, 9.17) is 0 Å². The fourth-order valence-corrected chi connectivity index (χ4v) is 3.67.